The van der Waals surface area contributed by atoms with E-state index in [1.807, 2.05) is 0 Å². The Morgan fingerprint density at radius 1 is 1.15 bits per heavy atom. The van der Waals surface area contributed by atoms with Crippen molar-refractivity contribution in [1.29, 1.82) is 0 Å². The number of carbonyl (C=O) groups excluding carboxylic acids is 1. The third-order valence-corrected chi connectivity index (χ3v) is 5.63. The van der Waals surface area contributed by atoms with Gasteiger partial charge in [0.15, 0.2) is 0 Å². The van der Waals surface area contributed by atoms with Crippen molar-refractivity contribution in [2.75, 3.05) is 40.0 Å². The van der Waals surface area contributed by atoms with Gasteiger partial charge in [0.05, 0.1) is 17.1 Å². The van der Waals surface area contributed by atoms with E-state index >= 15 is 0 Å². The number of nitrogens with one attached hydrogen (secondary N) is 2. The van der Waals surface area contributed by atoms with Gasteiger partial charge in [0, 0.05) is 37.9 Å². The van der Waals surface area contributed by atoms with Crippen molar-refractivity contribution in [3.05, 3.63) is 28.2 Å². The lowest BCUT2D eigenvalue weighted by molar-refractivity contribution is 0.0939. The number of hydrogen-bond acceptors (Lipinski definition) is 5. The molecular weight excluding hydrogens is 424 g/mol. The lowest BCUT2D eigenvalue weighted by Gasteiger charge is -2.10. The van der Waals surface area contributed by atoms with E-state index in [0.29, 0.717) is 24.0 Å². The molecule has 0 aliphatic heterocycles. The first kappa shape index (κ1) is 23.0. The first-order chi connectivity index (χ1) is 12.4. The molecule has 26 heavy (non-hydrogen) atoms. The highest BCUT2D eigenvalue weighted by atomic mass is 79.9. The molecule has 9 heteroatoms. The van der Waals surface area contributed by atoms with Gasteiger partial charge in [-0.3, -0.25) is 4.79 Å². The summed E-state index contributed by atoms with van der Waals surface area (Å²) in [7, 11) is -2.20. The molecule has 0 saturated carbocycles. The number of amides is 1. The van der Waals surface area contributed by atoms with Crippen LogP contribution in [-0.4, -0.2) is 54.3 Å². The Balaban J connectivity index is 2.61. The Morgan fingerprint density at radius 3 is 2.58 bits per heavy atom. The van der Waals surface area contributed by atoms with Crippen LogP contribution in [0.4, 0.5) is 0 Å². The summed E-state index contributed by atoms with van der Waals surface area (Å²) in [6.07, 6.45) is 2.81. The highest BCUT2D eigenvalue weighted by Gasteiger charge is 2.18. The molecule has 1 aromatic carbocycles. The molecule has 0 aromatic heterocycles. The second kappa shape index (κ2) is 12.4. The molecule has 0 unspecified atom stereocenters. The second-order valence-electron chi connectivity index (χ2n) is 5.61. The van der Waals surface area contributed by atoms with Gasteiger partial charge in [0.1, 0.15) is 0 Å². The van der Waals surface area contributed by atoms with Crippen LogP contribution in [0.5, 0.6) is 0 Å². The van der Waals surface area contributed by atoms with Crippen LogP contribution in [0, 0.1) is 0 Å². The van der Waals surface area contributed by atoms with Crippen LogP contribution in [0.15, 0.2) is 27.6 Å². The molecule has 1 rings (SSSR count). The van der Waals surface area contributed by atoms with E-state index in [1.165, 1.54) is 19.2 Å². The van der Waals surface area contributed by atoms with E-state index < -0.39 is 10.0 Å². The summed E-state index contributed by atoms with van der Waals surface area (Å²) < 4.78 is 37.7. The lowest BCUT2D eigenvalue weighted by atomic mass is 10.2. The van der Waals surface area contributed by atoms with Crippen molar-refractivity contribution < 1.29 is 22.7 Å². The number of carbonyl (C=O) groups is 1. The van der Waals surface area contributed by atoms with Crippen molar-refractivity contribution in [3.63, 3.8) is 0 Å². The van der Waals surface area contributed by atoms with Gasteiger partial charge in [-0.2, -0.15) is 0 Å². The van der Waals surface area contributed by atoms with Crippen LogP contribution in [0.3, 0.4) is 0 Å². The molecule has 0 radical (unpaired) electrons. The number of rotatable bonds is 13. The quantitative estimate of drug-likeness (QED) is 0.449. The Morgan fingerprint density at radius 2 is 1.88 bits per heavy atom. The zero-order valence-electron chi connectivity index (χ0n) is 15.2. The molecule has 0 spiro atoms. The van der Waals surface area contributed by atoms with E-state index in [2.05, 4.69) is 32.9 Å². The Kier molecular flexibility index (Phi) is 11.0. The van der Waals surface area contributed by atoms with Crippen molar-refractivity contribution in [2.24, 2.45) is 0 Å². The lowest BCUT2D eigenvalue weighted by Crippen LogP contribution is -2.28. The van der Waals surface area contributed by atoms with Gasteiger partial charge in [0.25, 0.3) is 5.91 Å². The fraction of sp³-hybridized carbons (Fsp3) is 0.588. The van der Waals surface area contributed by atoms with Gasteiger partial charge in [0.2, 0.25) is 10.0 Å². The molecule has 0 saturated heterocycles. The zero-order chi connectivity index (χ0) is 19.4. The average molecular weight is 451 g/mol. The van der Waals surface area contributed by atoms with E-state index in [1.54, 1.807) is 6.07 Å². The van der Waals surface area contributed by atoms with Crippen molar-refractivity contribution in [1.82, 2.24) is 10.0 Å². The molecule has 1 aromatic rings. The average Bonchev–Trinajstić information content (AvgIpc) is 2.61. The maximum atomic E-state index is 12.3. The molecule has 7 nitrogen and oxygen atoms in total. The summed E-state index contributed by atoms with van der Waals surface area (Å²) in [6.45, 7) is 4.30. The van der Waals surface area contributed by atoms with E-state index in [4.69, 9.17) is 9.47 Å². The third kappa shape index (κ3) is 8.13. The van der Waals surface area contributed by atoms with Gasteiger partial charge in [-0.15, -0.1) is 0 Å². The number of sulfonamides is 1. The standard InChI is InChI=1S/C17H27BrN2O5S/c1-3-4-10-25-11-5-8-19-17(21)15-13-14(6-7-16(15)18)26(22,23)20-9-12-24-2/h6-7,13,20H,3-5,8-12H2,1-2H3,(H,19,21). The van der Waals surface area contributed by atoms with Gasteiger partial charge in [-0.25, -0.2) is 13.1 Å². The van der Waals surface area contributed by atoms with Gasteiger partial charge in [-0.05, 0) is 47.0 Å². The highest BCUT2D eigenvalue weighted by Crippen LogP contribution is 2.21. The third-order valence-electron chi connectivity index (χ3n) is 3.48. The number of halogens is 1. The second-order valence-corrected chi connectivity index (χ2v) is 8.23. The summed E-state index contributed by atoms with van der Waals surface area (Å²) in [6, 6.07) is 4.34. The van der Waals surface area contributed by atoms with Crippen LogP contribution in [0.2, 0.25) is 0 Å². The molecule has 0 heterocycles. The number of methoxy groups -OCH3 is 1. The molecule has 0 aliphatic rings. The van der Waals surface area contributed by atoms with Gasteiger partial charge >= 0.3 is 0 Å². The Bertz CT molecular complexity index is 667. The fourth-order valence-corrected chi connectivity index (χ4v) is 3.49. The van der Waals surface area contributed by atoms with Crippen molar-refractivity contribution in [3.8, 4) is 0 Å². The zero-order valence-corrected chi connectivity index (χ0v) is 17.6. The predicted molar refractivity (Wildman–Crippen MR) is 104 cm³/mol. The van der Waals surface area contributed by atoms with E-state index in [-0.39, 0.29) is 29.5 Å². The largest absolute Gasteiger partial charge is 0.383 e. The van der Waals surface area contributed by atoms with Gasteiger partial charge in [-0.1, -0.05) is 13.3 Å². The molecule has 0 atom stereocenters. The molecule has 0 fully saturated rings. The highest BCUT2D eigenvalue weighted by molar-refractivity contribution is 9.10. The van der Waals surface area contributed by atoms with Crippen LogP contribution in [0.1, 0.15) is 36.5 Å². The minimum atomic E-state index is -3.69. The maximum Gasteiger partial charge on any atom is 0.252 e. The topological polar surface area (TPSA) is 93.7 Å². The summed E-state index contributed by atoms with van der Waals surface area (Å²) in [5, 5.41) is 2.78. The Hall–Kier alpha value is -1.00. The van der Waals surface area contributed by atoms with Gasteiger partial charge < -0.3 is 14.8 Å². The number of unbranched alkanes of at least 4 members (excludes halogenated alkanes) is 1. The number of benzene rings is 1. The SMILES string of the molecule is CCCCOCCCNC(=O)c1cc(S(=O)(=O)NCCOC)ccc1Br. The summed E-state index contributed by atoms with van der Waals surface area (Å²) in [5.41, 5.74) is 0.270. The van der Waals surface area contributed by atoms with Crippen LogP contribution in [0.25, 0.3) is 0 Å². The molecule has 1 amide bonds. The predicted octanol–water partition coefficient (Wildman–Crippen LogP) is 2.31. The minimum Gasteiger partial charge on any atom is -0.383 e. The number of ether oxygens (including phenoxy) is 2. The normalized spacial score (nSPS) is 11.5. The molecule has 148 valence electrons. The van der Waals surface area contributed by atoms with Crippen LogP contribution >= 0.6 is 15.9 Å². The summed E-state index contributed by atoms with van der Waals surface area (Å²) in [5.74, 6) is -0.334. The molecule has 2 N–H and O–H groups in total. The van der Waals surface area contributed by atoms with E-state index in [0.717, 1.165) is 19.4 Å². The van der Waals surface area contributed by atoms with E-state index in [9.17, 15) is 13.2 Å². The maximum absolute atomic E-state index is 12.3. The smallest absolute Gasteiger partial charge is 0.252 e. The fourth-order valence-electron chi connectivity index (χ4n) is 2.03. The molecule has 0 bridgehead atoms. The first-order valence-corrected chi connectivity index (χ1v) is 10.8. The monoisotopic (exact) mass is 450 g/mol. The number of hydrogen-bond donors (Lipinski definition) is 2. The Labute approximate surface area is 164 Å². The van der Waals surface area contributed by atoms with Crippen LogP contribution in [-0.2, 0) is 19.5 Å². The minimum absolute atomic E-state index is 0.0323. The molecular formula is C17H27BrN2O5S. The summed E-state index contributed by atoms with van der Waals surface area (Å²) in [4.78, 5) is 12.4. The molecule has 0 aliphatic carbocycles. The van der Waals surface area contributed by atoms with Crippen molar-refractivity contribution >= 4 is 31.9 Å². The van der Waals surface area contributed by atoms with Crippen molar-refractivity contribution in [2.45, 2.75) is 31.1 Å². The van der Waals surface area contributed by atoms with Crippen LogP contribution < -0.4 is 10.0 Å². The first-order valence-electron chi connectivity index (χ1n) is 8.56. The summed E-state index contributed by atoms with van der Waals surface area (Å²) >= 11 is 3.29.